The number of Topliss-reactive ketones (excluding diaryl/α,β-unsaturated/α-hetero) is 1. The van der Waals surface area contributed by atoms with Crippen LogP contribution in [0.1, 0.15) is 48.4 Å². The zero-order valence-electron chi connectivity index (χ0n) is 14.2. The molecule has 8 heteroatoms. The van der Waals surface area contributed by atoms with Crippen molar-refractivity contribution in [1.82, 2.24) is 9.88 Å². The van der Waals surface area contributed by atoms with Gasteiger partial charge in [0.25, 0.3) is 0 Å². The molecule has 146 valence electrons. The number of rotatable bonds is 0. The molecule has 0 fully saturated rings. The third-order valence-corrected chi connectivity index (χ3v) is 4.78. The van der Waals surface area contributed by atoms with Gasteiger partial charge in [0.15, 0.2) is 5.78 Å². The number of carbonyl (C=O) groups excluding carboxylic acids is 1. The molecule has 0 saturated carbocycles. The number of carboxylic acids is 2. The van der Waals surface area contributed by atoms with Crippen LogP contribution in [0, 0.1) is 5.82 Å². The highest BCUT2D eigenvalue weighted by molar-refractivity contribution is 6.27. The number of nitrogens with zero attached hydrogens (tertiary/aromatic N) is 1. The summed E-state index contributed by atoms with van der Waals surface area (Å²) < 4.78 is 16.2. The summed E-state index contributed by atoms with van der Waals surface area (Å²) in [6.07, 6.45) is 2.33. The first kappa shape index (κ1) is 20.6. The average molecular weight is 378 g/mol. The number of halogens is 1. The number of benzene rings is 1. The second-order valence-electron chi connectivity index (χ2n) is 6.48. The summed E-state index contributed by atoms with van der Waals surface area (Å²) in [7, 11) is 0. The van der Waals surface area contributed by atoms with E-state index in [1.54, 1.807) is 6.07 Å². The summed E-state index contributed by atoms with van der Waals surface area (Å²) in [4.78, 5) is 30.4. The van der Waals surface area contributed by atoms with Gasteiger partial charge in [-0.1, -0.05) is 7.43 Å². The van der Waals surface area contributed by atoms with Gasteiger partial charge >= 0.3 is 11.9 Å². The van der Waals surface area contributed by atoms with Crippen molar-refractivity contribution in [3.8, 4) is 0 Å². The molecule has 0 amide bonds. The van der Waals surface area contributed by atoms with E-state index in [1.807, 2.05) is 0 Å². The van der Waals surface area contributed by atoms with Crippen LogP contribution in [0.2, 0.25) is 0 Å². The molecule has 0 saturated heterocycles. The van der Waals surface area contributed by atoms with E-state index in [2.05, 4.69) is 16.8 Å². The number of fused-ring (bicyclic) bond motifs is 3. The molecule has 0 aliphatic carbocycles. The Hall–Kier alpha value is -2.74. The van der Waals surface area contributed by atoms with Crippen molar-refractivity contribution in [1.29, 1.82) is 0 Å². The van der Waals surface area contributed by atoms with Gasteiger partial charge in [-0.15, -0.1) is 0 Å². The summed E-state index contributed by atoms with van der Waals surface area (Å²) in [5, 5.41) is 19.1. The first-order chi connectivity index (χ1) is 12.3. The van der Waals surface area contributed by atoms with Gasteiger partial charge < -0.3 is 20.1 Å². The van der Waals surface area contributed by atoms with E-state index >= 15 is 0 Å². The molecule has 2 aliphatic heterocycles. The molecular weight excluding hydrogens is 355 g/mol. The Bertz CT molecular complexity index is 907. The summed E-state index contributed by atoms with van der Waals surface area (Å²) in [5.74, 6) is -3.88. The zero-order chi connectivity index (χ0) is 19.0. The fraction of sp³-hybridized carbons (Fsp3) is 0.421. The maximum Gasteiger partial charge on any atom is 0.414 e. The smallest absolute Gasteiger partial charge is 0.414 e. The van der Waals surface area contributed by atoms with Crippen LogP contribution < -0.4 is 5.32 Å². The Labute approximate surface area is 155 Å². The summed E-state index contributed by atoms with van der Waals surface area (Å²) >= 11 is 0. The number of hydrogen-bond donors (Lipinski definition) is 3. The van der Waals surface area contributed by atoms with E-state index in [0.29, 0.717) is 12.0 Å². The Morgan fingerprint density at radius 3 is 2.44 bits per heavy atom. The van der Waals surface area contributed by atoms with Crippen molar-refractivity contribution in [2.24, 2.45) is 0 Å². The minimum atomic E-state index is -1.82. The molecule has 3 N–H and O–H groups in total. The first-order valence-corrected chi connectivity index (χ1v) is 8.36. The summed E-state index contributed by atoms with van der Waals surface area (Å²) in [5.41, 5.74) is 4.05. The van der Waals surface area contributed by atoms with Crippen LogP contribution in [-0.2, 0) is 22.4 Å². The zero-order valence-corrected chi connectivity index (χ0v) is 14.2. The van der Waals surface area contributed by atoms with Crippen LogP contribution in [0.3, 0.4) is 0 Å². The Balaban J connectivity index is 0.000000329. The molecule has 27 heavy (non-hydrogen) atoms. The fourth-order valence-electron chi connectivity index (χ4n) is 3.79. The van der Waals surface area contributed by atoms with E-state index in [-0.39, 0.29) is 25.1 Å². The van der Waals surface area contributed by atoms with Crippen molar-refractivity contribution in [3.63, 3.8) is 0 Å². The van der Waals surface area contributed by atoms with Crippen molar-refractivity contribution >= 4 is 28.6 Å². The highest BCUT2D eigenvalue weighted by Crippen LogP contribution is 2.38. The lowest BCUT2D eigenvalue weighted by Crippen LogP contribution is -2.22. The van der Waals surface area contributed by atoms with Crippen molar-refractivity contribution < 1.29 is 29.0 Å². The van der Waals surface area contributed by atoms with Gasteiger partial charge in [-0.25, -0.2) is 14.0 Å². The van der Waals surface area contributed by atoms with Gasteiger partial charge in [-0.3, -0.25) is 4.79 Å². The van der Waals surface area contributed by atoms with E-state index in [1.165, 1.54) is 17.3 Å². The van der Waals surface area contributed by atoms with Crippen LogP contribution in [0.5, 0.6) is 0 Å². The van der Waals surface area contributed by atoms with E-state index < -0.39 is 11.9 Å². The second kappa shape index (κ2) is 7.87. The van der Waals surface area contributed by atoms with Crippen LogP contribution in [0.15, 0.2) is 12.1 Å². The minimum absolute atomic E-state index is 0. The normalized spacial score (nSPS) is 17.9. The van der Waals surface area contributed by atoms with Crippen molar-refractivity contribution in [2.45, 2.75) is 39.7 Å². The quantitative estimate of drug-likeness (QED) is 0.608. The largest absolute Gasteiger partial charge is 0.473 e. The molecule has 0 spiro atoms. The highest BCUT2D eigenvalue weighted by atomic mass is 19.1. The van der Waals surface area contributed by atoms with Crippen LogP contribution in [0.25, 0.3) is 10.9 Å². The molecule has 2 aliphatic rings. The number of aliphatic carboxylic acids is 2. The molecule has 2 aromatic rings. The van der Waals surface area contributed by atoms with Gasteiger partial charge in [0.2, 0.25) is 0 Å². The second-order valence-corrected chi connectivity index (χ2v) is 6.48. The van der Waals surface area contributed by atoms with Gasteiger partial charge in [0, 0.05) is 42.1 Å². The Morgan fingerprint density at radius 2 is 1.81 bits per heavy atom. The number of nitrogens with one attached hydrogen (secondary N) is 1. The highest BCUT2D eigenvalue weighted by Gasteiger charge is 2.30. The maximum absolute atomic E-state index is 13.9. The van der Waals surface area contributed by atoms with E-state index in [0.717, 1.165) is 36.8 Å². The van der Waals surface area contributed by atoms with Gasteiger partial charge in [-0.2, -0.15) is 0 Å². The molecule has 1 aromatic carbocycles. The number of aromatic nitrogens is 1. The maximum atomic E-state index is 13.9. The average Bonchev–Trinajstić information content (AvgIpc) is 2.72. The SMILES string of the molecule is C.CC1CC(=O)c2cc(F)cc3c4c(n1c23)CCNCC4.O=C(O)C(=O)O. The van der Waals surface area contributed by atoms with E-state index in [4.69, 9.17) is 19.8 Å². The molecule has 3 heterocycles. The van der Waals surface area contributed by atoms with Gasteiger partial charge in [0.1, 0.15) is 5.82 Å². The van der Waals surface area contributed by atoms with Crippen molar-refractivity contribution in [2.75, 3.05) is 13.1 Å². The number of carboxylic acid groups (broad SMARTS) is 2. The predicted molar refractivity (Wildman–Crippen MR) is 97.8 cm³/mol. The fourth-order valence-corrected chi connectivity index (χ4v) is 3.79. The number of ketones is 1. The Morgan fingerprint density at radius 1 is 1.19 bits per heavy atom. The predicted octanol–water partition coefficient (Wildman–Crippen LogP) is 2.41. The molecule has 7 nitrogen and oxygen atoms in total. The van der Waals surface area contributed by atoms with E-state index in [9.17, 15) is 9.18 Å². The third kappa shape index (κ3) is 3.71. The number of carbonyl (C=O) groups is 3. The lowest BCUT2D eigenvalue weighted by molar-refractivity contribution is -0.159. The minimum Gasteiger partial charge on any atom is -0.473 e. The molecular formula is C19H23FN2O5. The molecule has 1 aromatic heterocycles. The first-order valence-electron chi connectivity index (χ1n) is 8.36. The molecule has 1 unspecified atom stereocenters. The molecule has 0 bridgehead atoms. The number of hydrogen-bond acceptors (Lipinski definition) is 4. The van der Waals surface area contributed by atoms with Gasteiger partial charge in [-0.05, 0) is 37.6 Å². The lowest BCUT2D eigenvalue weighted by atomic mass is 9.97. The molecule has 1 atom stereocenters. The summed E-state index contributed by atoms with van der Waals surface area (Å²) in [6.45, 7) is 3.95. The Kier molecular flexibility index (Phi) is 6.00. The van der Waals surface area contributed by atoms with Crippen LogP contribution in [0.4, 0.5) is 4.39 Å². The molecule has 4 rings (SSSR count). The van der Waals surface area contributed by atoms with Crippen LogP contribution in [-0.4, -0.2) is 45.6 Å². The van der Waals surface area contributed by atoms with Crippen LogP contribution >= 0.6 is 0 Å². The third-order valence-electron chi connectivity index (χ3n) is 4.78. The topological polar surface area (TPSA) is 109 Å². The van der Waals surface area contributed by atoms with Crippen molar-refractivity contribution in [3.05, 3.63) is 34.8 Å². The monoisotopic (exact) mass is 378 g/mol. The summed E-state index contributed by atoms with van der Waals surface area (Å²) in [6, 6.07) is 3.18. The standard InChI is InChI=1S/C16H17FN2O.C2H2O4.CH4/c1-9-6-15(20)13-8-10(17)7-12-11-2-4-18-5-3-14(11)19(9)16(12)13;3-1(4)2(5)6;/h7-9,18H,2-6H2,1H3;(H,3,4)(H,5,6);1H4. The molecule has 0 radical (unpaired) electrons. The lowest BCUT2D eigenvalue weighted by Gasteiger charge is -2.24. The van der Waals surface area contributed by atoms with Gasteiger partial charge in [0.05, 0.1) is 5.52 Å².